The Labute approximate surface area is 120 Å². The third kappa shape index (κ3) is 2.37. The summed E-state index contributed by atoms with van der Waals surface area (Å²) in [6.07, 6.45) is 5.00. The standard InChI is InChI=1S/C16H24N2O2/c1-3-14-16(9-7-15(19)17-16)8-4-10-18(14)11-13-6-5-12(2)20-13/h5-6,14H,3-4,7-11H2,1-2H3,(H,17,19)/t14-,16+/m0/s1. The van der Waals surface area contributed by atoms with Crippen LogP contribution in [-0.2, 0) is 11.3 Å². The van der Waals surface area contributed by atoms with Crippen LogP contribution in [0, 0.1) is 6.92 Å². The third-order valence-corrected chi connectivity index (χ3v) is 4.88. The molecule has 1 N–H and O–H groups in total. The molecule has 0 radical (unpaired) electrons. The van der Waals surface area contributed by atoms with E-state index in [0.29, 0.717) is 12.5 Å². The highest BCUT2D eigenvalue weighted by Gasteiger charge is 2.47. The summed E-state index contributed by atoms with van der Waals surface area (Å²) in [7, 11) is 0. The van der Waals surface area contributed by atoms with Crippen LogP contribution in [-0.4, -0.2) is 28.9 Å². The largest absolute Gasteiger partial charge is 0.465 e. The zero-order chi connectivity index (χ0) is 14.2. The quantitative estimate of drug-likeness (QED) is 0.923. The average Bonchev–Trinajstić information content (AvgIpc) is 2.97. The van der Waals surface area contributed by atoms with Crippen molar-refractivity contribution in [2.75, 3.05) is 6.54 Å². The van der Waals surface area contributed by atoms with Gasteiger partial charge in [0.15, 0.2) is 0 Å². The van der Waals surface area contributed by atoms with Crippen LogP contribution in [0.15, 0.2) is 16.5 Å². The van der Waals surface area contributed by atoms with E-state index in [1.54, 1.807) is 0 Å². The summed E-state index contributed by atoms with van der Waals surface area (Å²) in [4.78, 5) is 14.2. The van der Waals surface area contributed by atoms with Crippen molar-refractivity contribution < 1.29 is 9.21 Å². The van der Waals surface area contributed by atoms with Crippen molar-refractivity contribution in [1.82, 2.24) is 10.2 Å². The van der Waals surface area contributed by atoms with Gasteiger partial charge in [0, 0.05) is 12.5 Å². The van der Waals surface area contributed by atoms with Crippen LogP contribution in [0.1, 0.15) is 50.5 Å². The molecule has 2 aliphatic heterocycles. The number of furan rings is 1. The predicted octanol–water partition coefficient (Wildman–Crippen LogP) is 2.61. The van der Waals surface area contributed by atoms with E-state index in [1.807, 2.05) is 13.0 Å². The third-order valence-electron chi connectivity index (χ3n) is 4.88. The highest BCUT2D eigenvalue weighted by molar-refractivity contribution is 5.79. The summed E-state index contributed by atoms with van der Waals surface area (Å²) in [5, 5.41) is 3.28. The van der Waals surface area contributed by atoms with Gasteiger partial charge in [0.2, 0.25) is 5.91 Å². The van der Waals surface area contributed by atoms with Gasteiger partial charge in [-0.3, -0.25) is 9.69 Å². The summed E-state index contributed by atoms with van der Waals surface area (Å²) >= 11 is 0. The van der Waals surface area contributed by atoms with E-state index >= 15 is 0 Å². The number of aryl methyl sites for hydroxylation is 1. The summed E-state index contributed by atoms with van der Waals surface area (Å²) in [5.74, 6) is 2.22. The molecule has 2 fully saturated rings. The lowest BCUT2D eigenvalue weighted by molar-refractivity contribution is -0.120. The molecule has 4 nitrogen and oxygen atoms in total. The van der Waals surface area contributed by atoms with E-state index in [2.05, 4.69) is 23.2 Å². The Balaban J connectivity index is 1.78. The van der Waals surface area contributed by atoms with Crippen molar-refractivity contribution in [3.05, 3.63) is 23.7 Å². The minimum Gasteiger partial charge on any atom is -0.465 e. The van der Waals surface area contributed by atoms with Gasteiger partial charge in [-0.1, -0.05) is 6.92 Å². The van der Waals surface area contributed by atoms with E-state index in [1.165, 1.54) is 0 Å². The van der Waals surface area contributed by atoms with Crippen LogP contribution in [0.3, 0.4) is 0 Å². The zero-order valence-corrected chi connectivity index (χ0v) is 12.4. The molecule has 1 amide bonds. The molecule has 4 heteroatoms. The number of rotatable bonds is 3. The van der Waals surface area contributed by atoms with Gasteiger partial charge < -0.3 is 9.73 Å². The first kappa shape index (κ1) is 13.7. The average molecular weight is 276 g/mol. The molecule has 0 bridgehead atoms. The van der Waals surface area contributed by atoms with E-state index in [4.69, 9.17) is 4.42 Å². The summed E-state index contributed by atoms with van der Waals surface area (Å²) in [6, 6.07) is 4.51. The topological polar surface area (TPSA) is 45.5 Å². The summed E-state index contributed by atoms with van der Waals surface area (Å²) in [6.45, 7) is 6.15. The van der Waals surface area contributed by atoms with Crippen LogP contribution >= 0.6 is 0 Å². The Kier molecular flexibility index (Phi) is 3.59. The Morgan fingerprint density at radius 2 is 2.30 bits per heavy atom. The van der Waals surface area contributed by atoms with E-state index in [0.717, 1.165) is 50.3 Å². The molecular formula is C16H24N2O2. The Hall–Kier alpha value is -1.29. The smallest absolute Gasteiger partial charge is 0.220 e. The SMILES string of the molecule is CC[C@@H]1N(Cc2ccc(C)o2)CCC[C@@]12CCC(=O)N2. The normalized spacial score (nSPS) is 30.9. The van der Waals surface area contributed by atoms with Gasteiger partial charge in [-0.25, -0.2) is 0 Å². The van der Waals surface area contributed by atoms with Gasteiger partial charge in [0.05, 0.1) is 12.1 Å². The van der Waals surface area contributed by atoms with E-state index in [-0.39, 0.29) is 11.4 Å². The van der Waals surface area contributed by atoms with Gasteiger partial charge in [-0.05, 0) is 51.3 Å². The van der Waals surface area contributed by atoms with Gasteiger partial charge in [-0.15, -0.1) is 0 Å². The van der Waals surface area contributed by atoms with Crippen LogP contribution in [0.25, 0.3) is 0 Å². The van der Waals surface area contributed by atoms with E-state index in [9.17, 15) is 4.79 Å². The number of nitrogens with zero attached hydrogens (tertiary/aromatic N) is 1. The van der Waals surface area contributed by atoms with Gasteiger partial charge in [0.1, 0.15) is 11.5 Å². The highest BCUT2D eigenvalue weighted by atomic mass is 16.3. The molecular weight excluding hydrogens is 252 g/mol. The lowest BCUT2D eigenvalue weighted by Gasteiger charge is -2.47. The first-order chi connectivity index (χ1) is 9.63. The second-order valence-electron chi connectivity index (χ2n) is 6.21. The molecule has 3 heterocycles. The predicted molar refractivity (Wildman–Crippen MR) is 77.3 cm³/mol. The number of carbonyl (C=O) groups is 1. The lowest BCUT2D eigenvalue weighted by atomic mass is 9.78. The molecule has 0 aliphatic carbocycles. The number of likely N-dealkylation sites (tertiary alicyclic amines) is 1. The van der Waals surface area contributed by atoms with Crippen molar-refractivity contribution in [3.8, 4) is 0 Å². The van der Waals surface area contributed by atoms with Crippen LogP contribution < -0.4 is 5.32 Å². The van der Waals surface area contributed by atoms with Gasteiger partial charge in [-0.2, -0.15) is 0 Å². The summed E-state index contributed by atoms with van der Waals surface area (Å²) < 4.78 is 5.72. The molecule has 20 heavy (non-hydrogen) atoms. The van der Waals surface area contributed by atoms with Crippen molar-refractivity contribution in [2.24, 2.45) is 0 Å². The highest BCUT2D eigenvalue weighted by Crippen LogP contribution is 2.37. The first-order valence-electron chi connectivity index (χ1n) is 7.73. The lowest BCUT2D eigenvalue weighted by Crippen LogP contribution is -2.61. The second-order valence-corrected chi connectivity index (χ2v) is 6.21. The number of carbonyl (C=O) groups excluding carboxylic acids is 1. The zero-order valence-electron chi connectivity index (χ0n) is 12.4. The first-order valence-corrected chi connectivity index (χ1v) is 7.73. The van der Waals surface area contributed by atoms with Crippen LogP contribution in [0.2, 0.25) is 0 Å². The fraction of sp³-hybridized carbons (Fsp3) is 0.688. The number of amides is 1. The number of piperidine rings is 1. The molecule has 0 unspecified atom stereocenters. The van der Waals surface area contributed by atoms with Crippen LogP contribution in [0.4, 0.5) is 0 Å². The maximum absolute atomic E-state index is 11.7. The molecule has 2 atom stereocenters. The molecule has 2 aliphatic rings. The van der Waals surface area contributed by atoms with Gasteiger partial charge >= 0.3 is 0 Å². The number of hydrogen-bond acceptors (Lipinski definition) is 3. The van der Waals surface area contributed by atoms with E-state index < -0.39 is 0 Å². The molecule has 2 saturated heterocycles. The minimum absolute atomic E-state index is 0.00568. The molecule has 110 valence electrons. The maximum atomic E-state index is 11.7. The molecule has 3 rings (SSSR count). The number of hydrogen-bond donors (Lipinski definition) is 1. The Morgan fingerprint density at radius 1 is 1.45 bits per heavy atom. The van der Waals surface area contributed by atoms with Crippen LogP contribution in [0.5, 0.6) is 0 Å². The maximum Gasteiger partial charge on any atom is 0.220 e. The van der Waals surface area contributed by atoms with Crippen molar-refractivity contribution in [1.29, 1.82) is 0 Å². The monoisotopic (exact) mass is 276 g/mol. The van der Waals surface area contributed by atoms with Crippen molar-refractivity contribution in [2.45, 2.75) is 64.1 Å². The Morgan fingerprint density at radius 3 is 2.90 bits per heavy atom. The molecule has 0 aromatic carbocycles. The fourth-order valence-corrected chi connectivity index (χ4v) is 4.05. The van der Waals surface area contributed by atoms with Crippen molar-refractivity contribution in [3.63, 3.8) is 0 Å². The van der Waals surface area contributed by atoms with Gasteiger partial charge in [0.25, 0.3) is 0 Å². The van der Waals surface area contributed by atoms with Crippen molar-refractivity contribution >= 4 is 5.91 Å². The molecule has 1 spiro atoms. The Bertz CT molecular complexity index is 496. The number of nitrogens with one attached hydrogen (secondary N) is 1. The second kappa shape index (κ2) is 5.24. The fourth-order valence-electron chi connectivity index (χ4n) is 4.05. The molecule has 1 aromatic rings. The molecule has 0 saturated carbocycles. The minimum atomic E-state index is 0.00568. The summed E-state index contributed by atoms with van der Waals surface area (Å²) in [5.41, 5.74) is 0.00568. The molecule has 1 aromatic heterocycles.